The summed E-state index contributed by atoms with van der Waals surface area (Å²) in [6.45, 7) is 1.12. The molecule has 0 radical (unpaired) electrons. The normalized spacial score (nSPS) is 16.0. The second-order valence-electron chi connectivity index (χ2n) is 6.85. The van der Waals surface area contributed by atoms with Gasteiger partial charge in [0.25, 0.3) is 5.91 Å². The van der Waals surface area contributed by atoms with Crippen LogP contribution in [0.5, 0.6) is 0 Å². The van der Waals surface area contributed by atoms with Crippen LogP contribution in [-0.4, -0.2) is 50.7 Å². The average molecular weight is 428 g/mol. The van der Waals surface area contributed by atoms with Gasteiger partial charge in [-0.25, -0.2) is 4.39 Å². The number of carbonyl (C=O) groups is 1. The molecule has 30 heavy (non-hydrogen) atoms. The summed E-state index contributed by atoms with van der Waals surface area (Å²) in [5.41, 5.74) is 0.740. The summed E-state index contributed by atoms with van der Waals surface area (Å²) in [6.07, 6.45) is 4.24. The van der Waals surface area contributed by atoms with E-state index in [0.29, 0.717) is 35.3 Å². The van der Waals surface area contributed by atoms with Crippen molar-refractivity contribution in [1.82, 2.24) is 25.1 Å². The number of carbonyl (C=O) groups excluding carboxylic acids is 1. The number of para-hydroxylation sites is 1. The third-order valence-electron chi connectivity index (χ3n) is 4.75. The standard InChI is InChI=1S/C21H22FN5O2S/c22-16-7-1-2-9-18(16)27-19(10-12-24-20(28)17-8-3-4-11-23-17)25-26-21(27)30-14-15-6-5-13-29-15/h1-4,7-9,11,15H,5-6,10,12-14H2,(H,24,28). The van der Waals surface area contributed by atoms with Crippen LogP contribution in [0.25, 0.3) is 5.69 Å². The molecule has 1 amide bonds. The fourth-order valence-electron chi connectivity index (χ4n) is 3.25. The number of amides is 1. The Morgan fingerprint density at radius 2 is 2.10 bits per heavy atom. The smallest absolute Gasteiger partial charge is 0.269 e. The van der Waals surface area contributed by atoms with E-state index in [9.17, 15) is 9.18 Å². The Morgan fingerprint density at radius 1 is 1.23 bits per heavy atom. The molecule has 1 aromatic carbocycles. The molecule has 9 heteroatoms. The Hall–Kier alpha value is -2.78. The Bertz CT molecular complexity index is 992. The van der Waals surface area contributed by atoms with Crippen molar-refractivity contribution >= 4 is 17.7 Å². The number of pyridine rings is 1. The number of ether oxygens (including phenoxy) is 1. The highest BCUT2D eigenvalue weighted by molar-refractivity contribution is 7.99. The van der Waals surface area contributed by atoms with Crippen molar-refractivity contribution in [2.24, 2.45) is 0 Å². The van der Waals surface area contributed by atoms with Crippen LogP contribution in [-0.2, 0) is 11.2 Å². The van der Waals surface area contributed by atoms with Crippen LogP contribution in [0.2, 0.25) is 0 Å². The molecule has 1 aliphatic heterocycles. The van der Waals surface area contributed by atoms with Gasteiger partial charge in [0.1, 0.15) is 17.3 Å². The number of hydrogen-bond donors (Lipinski definition) is 1. The van der Waals surface area contributed by atoms with E-state index in [2.05, 4.69) is 20.5 Å². The van der Waals surface area contributed by atoms with E-state index in [4.69, 9.17) is 4.74 Å². The third-order valence-corrected chi connectivity index (χ3v) is 5.81. The molecular weight excluding hydrogens is 405 g/mol. The predicted octanol–water partition coefficient (Wildman–Crippen LogP) is 3.05. The van der Waals surface area contributed by atoms with Crippen LogP contribution >= 0.6 is 11.8 Å². The molecule has 156 valence electrons. The van der Waals surface area contributed by atoms with E-state index >= 15 is 0 Å². The molecule has 3 aromatic rings. The minimum Gasteiger partial charge on any atom is -0.377 e. The summed E-state index contributed by atoms with van der Waals surface area (Å²) < 4.78 is 21.9. The third kappa shape index (κ3) is 4.85. The number of rotatable bonds is 8. The van der Waals surface area contributed by atoms with Crippen molar-refractivity contribution in [2.45, 2.75) is 30.5 Å². The Labute approximate surface area is 178 Å². The first-order chi connectivity index (χ1) is 14.7. The van der Waals surface area contributed by atoms with Crippen molar-refractivity contribution in [1.29, 1.82) is 0 Å². The maximum absolute atomic E-state index is 14.5. The molecule has 0 aliphatic carbocycles. The molecule has 4 rings (SSSR count). The summed E-state index contributed by atoms with van der Waals surface area (Å²) in [7, 11) is 0. The summed E-state index contributed by atoms with van der Waals surface area (Å²) in [6, 6.07) is 11.7. The number of thioether (sulfide) groups is 1. The largest absolute Gasteiger partial charge is 0.377 e. The monoisotopic (exact) mass is 427 g/mol. The van der Waals surface area contributed by atoms with Crippen LogP contribution in [0.15, 0.2) is 53.8 Å². The van der Waals surface area contributed by atoms with Crippen molar-refractivity contribution in [2.75, 3.05) is 18.9 Å². The summed E-state index contributed by atoms with van der Waals surface area (Å²) in [4.78, 5) is 16.2. The molecule has 1 unspecified atom stereocenters. The van der Waals surface area contributed by atoms with E-state index < -0.39 is 0 Å². The van der Waals surface area contributed by atoms with Gasteiger partial charge in [0.15, 0.2) is 5.16 Å². The number of halogens is 1. The van der Waals surface area contributed by atoms with Gasteiger partial charge >= 0.3 is 0 Å². The second kappa shape index (κ2) is 9.82. The maximum Gasteiger partial charge on any atom is 0.269 e. The molecule has 1 atom stereocenters. The zero-order chi connectivity index (χ0) is 20.8. The molecule has 1 saturated heterocycles. The lowest BCUT2D eigenvalue weighted by Crippen LogP contribution is -2.27. The van der Waals surface area contributed by atoms with E-state index in [1.165, 1.54) is 17.8 Å². The van der Waals surface area contributed by atoms with Gasteiger partial charge in [-0.3, -0.25) is 14.3 Å². The van der Waals surface area contributed by atoms with Gasteiger partial charge in [-0.2, -0.15) is 0 Å². The highest BCUT2D eigenvalue weighted by atomic mass is 32.2. The molecule has 2 aromatic heterocycles. The van der Waals surface area contributed by atoms with Crippen LogP contribution in [0, 0.1) is 5.82 Å². The number of benzene rings is 1. The second-order valence-corrected chi connectivity index (χ2v) is 7.84. The van der Waals surface area contributed by atoms with Gasteiger partial charge in [0.2, 0.25) is 0 Å². The molecule has 1 aliphatic rings. The highest BCUT2D eigenvalue weighted by Gasteiger charge is 2.21. The van der Waals surface area contributed by atoms with Gasteiger partial charge < -0.3 is 10.1 Å². The van der Waals surface area contributed by atoms with Crippen LogP contribution in [0.4, 0.5) is 4.39 Å². The lowest BCUT2D eigenvalue weighted by molar-refractivity contribution is 0.0949. The zero-order valence-corrected chi connectivity index (χ0v) is 17.1. The van der Waals surface area contributed by atoms with Crippen LogP contribution in [0.3, 0.4) is 0 Å². The van der Waals surface area contributed by atoms with Crippen molar-refractivity contribution in [3.63, 3.8) is 0 Å². The van der Waals surface area contributed by atoms with Crippen molar-refractivity contribution < 1.29 is 13.9 Å². The zero-order valence-electron chi connectivity index (χ0n) is 16.3. The van der Waals surface area contributed by atoms with Gasteiger partial charge in [-0.1, -0.05) is 30.0 Å². The molecular formula is C21H22FN5O2S. The Balaban J connectivity index is 1.49. The summed E-state index contributed by atoms with van der Waals surface area (Å²) >= 11 is 1.51. The molecule has 1 N–H and O–H groups in total. The van der Waals surface area contributed by atoms with Gasteiger partial charge in [0, 0.05) is 31.5 Å². The van der Waals surface area contributed by atoms with Gasteiger partial charge in [-0.15, -0.1) is 10.2 Å². The van der Waals surface area contributed by atoms with Crippen LogP contribution in [0.1, 0.15) is 29.2 Å². The first-order valence-electron chi connectivity index (χ1n) is 9.85. The van der Waals surface area contributed by atoms with E-state index in [1.54, 1.807) is 47.2 Å². The first kappa shape index (κ1) is 20.5. The van der Waals surface area contributed by atoms with Gasteiger partial charge in [-0.05, 0) is 37.1 Å². The maximum atomic E-state index is 14.5. The molecule has 0 spiro atoms. The lowest BCUT2D eigenvalue weighted by atomic mass is 10.3. The average Bonchev–Trinajstić information content (AvgIpc) is 3.43. The van der Waals surface area contributed by atoms with Crippen molar-refractivity contribution in [3.8, 4) is 5.69 Å². The minimum absolute atomic E-state index is 0.182. The number of nitrogens with one attached hydrogen (secondary N) is 1. The fourth-order valence-corrected chi connectivity index (χ4v) is 4.28. The summed E-state index contributed by atoms with van der Waals surface area (Å²) in [5, 5.41) is 12.0. The predicted molar refractivity (Wildman–Crippen MR) is 111 cm³/mol. The number of nitrogens with zero attached hydrogens (tertiary/aromatic N) is 4. The lowest BCUT2D eigenvalue weighted by Gasteiger charge is -2.13. The topological polar surface area (TPSA) is 81.9 Å². The molecule has 0 saturated carbocycles. The number of aromatic nitrogens is 4. The van der Waals surface area contributed by atoms with Crippen LogP contribution < -0.4 is 5.32 Å². The van der Waals surface area contributed by atoms with Crippen molar-refractivity contribution in [3.05, 3.63) is 66.0 Å². The fraction of sp³-hybridized carbons (Fsp3) is 0.333. The Kier molecular flexibility index (Phi) is 6.70. The highest BCUT2D eigenvalue weighted by Crippen LogP contribution is 2.27. The first-order valence-corrected chi connectivity index (χ1v) is 10.8. The number of hydrogen-bond acceptors (Lipinski definition) is 6. The molecule has 1 fully saturated rings. The quantitative estimate of drug-likeness (QED) is 0.557. The Morgan fingerprint density at radius 3 is 2.87 bits per heavy atom. The van der Waals surface area contributed by atoms with E-state index in [-0.39, 0.29) is 17.8 Å². The van der Waals surface area contributed by atoms with E-state index in [0.717, 1.165) is 25.2 Å². The van der Waals surface area contributed by atoms with E-state index in [1.807, 2.05) is 0 Å². The SMILES string of the molecule is O=C(NCCc1nnc(SCC2CCCO2)n1-c1ccccc1F)c1ccccn1. The molecule has 0 bridgehead atoms. The van der Waals surface area contributed by atoms with Gasteiger partial charge in [0.05, 0.1) is 11.8 Å². The minimum atomic E-state index is -0.352. The molecule has 7 nitrogen and oxygen atoms in total. The molecule has 3 heterocycles. The summed E-state index contributed by atoms with van der Waals surface area (Å²) in [5.74, 6) is 0.704.